The third-order valence-electron chi connectivity index (χ3n) is 3.93. The van der Waals surface area contributed by atoms with E-state index in [1.807, 2.05) is 6.07 Å². The van der Waals surface area contributed by atoms with Crippen LogP contribution in [0.5, 0.6) is 0 Å². The Balaban J connectivity index is 2.19. The summed E-state index contributed by atoms with van der Waals surface area (Å²) in [4.78, 5) is 11.0. The number of aromatic nitrogens is 2. The lowest BCUT2D eigenvalue weighted by Crippen LogP contribution is -2.39. The van der Waals surface area contributed by atoms with Gasteiger partial charge in [0.25, 0.3) is 0 Å². The molecule has 1 aromatic heterocycles. The number of hydrogen-bond acceptors (Lipinski definition) is 4. The van der Waals surface area contributed by atoms with Crippen LogP contribution < -0.4 is 4.90 Å². The van der Waals surface area contributed by atoms with E-state index < -0.39 is 0 Å². The molecule has 0 saturated heterocycles. The molecular weight excluding hydrogens is 262 g/mol. The molecule has 0 spiro atoms. The van der Waals surface area contributed by atoms with Crippen molar-refractivity contribution in [2.45, 2.75) is 45.3 Å². The molecule has 19 heavy (non-hydrogen) atoms. The van der Waals surface area contributed by atoms with Crippen LogP contribution in [0.4, 0.5) is 5.82 Å². The van der Waals surface area contributed by atoms with Crippen molar-refractivity contribution < 1.29 is 4.74 Å². The predicted molar refractivity (Wildman–Crippen MR) is 77.6 cm³/mol. The second-order valence-corrected chi connectivity index (χ2v) is 5.73. The second kappa shape index (κ2) is 6.53. The van der Waals surface area contributed by atoms with Gasteiger partial charge in [-0.05, 0) is 18.8 Å². The van der Waals surface area contributed by atoms with Crippen molar-refractivity contribution in [1.82, 2.24) is 9.97 Å². The summed E-state index contributed by atoms with van der Waals surface area (Å²) in [7, 11) is 3.73. The van der Waals surface area contributed by atoms with Crippen molar-refractivity contribution in [3.63, 3.8) is 0 Å². The van der Waals surface area contributed by atoms with Crippen LogP contribution in [0.3, 0.4) is 0 Å². The molecule has 0 bridgehead atoms. The van der Waals surface area contributed by atoms with E-state index in [4.69, 9.17) is 16.3 Å². The molecule has 2 atom stereocenters. The number of anilines is 1. The highest BCUT2D eigenvalue weighted by Crippen LogP contribution is 2.30. The molecule has 1 saturated carbocycles. The highest BCUT2D eigenvalue weighted by molar-refractivity contribution is 6.29. The van der Waals surface area contributed by atoms with Gasteiger partial charge in [-0.25, -0.2) is 9.97 Å². The molecule has 2 rings (SSSR count). The molecular formula is C14H22ClN3O. The predicted octanol–water partition coefficient (Wildman–Crippen LogP) is 3.29. The number of hydrogen-bond donors (Lipinski definition) is 0. The fourth-order valence-electron chi connectivity index (χ4n) is 2.87. The Kier molecular flexibility index (Phi) is 4.99. The van der Waals surface area contributed by atoms with Crippen molar-refractivity contribution in [2.75, 3.05) is 19.1 Å². The zero-order valence-corrected chi connectivity index (χ0v) is 12.7. The van der Waals surface area contributed by atoms with Crippen LogP contribution in [-0.2, 0) is 11.3 Å². The molecule has 0 aliphatic heterocycles. The standard InChI is InChI=1S/C14H22ClN3O/c1-10-6-4-5-7-11(10)18(2)14-8-12(15)16-13(17-14)9-19-3/h8,10-11H,4-7,9H2,1-3H3. The van der Waals surface area contributed by atoms with Crippen molar-refractivity contribution in [2.24, 2.45) is 5.92 Å². The minimum Gasteiger partial charge on any atom is -0.377 e. The topological polar surface area (TPSA) is 38.2 Å². The van der Waals surface area contributed by atoms with Gasteiger partial charge in [-0.15, -0.1) is 0 Å². The van der Waals surface area contributed by atoms with Crippen LogP contribution in [0.15, 0.2) is 6.07 Å². The van der Waals surface area contributed by atoms with Gasteiger partial charge in [-0.2, -0.15) is 0 Å². The summed E-state index contributed by atoms with van der Waals surface area (Å²) in [5.41, 5.74) is 0. The molecule has 1 aliphatic carbocycles. The van der Waals surface area contributed by atoms with Crippen molar-refractivity contribution in [1.29, 1.82) is 0 Å². The van der Waals surface area contributed by atoms with Crippen LogP contribution >= 0.6 is 11.6 Å². The molecule has 4 nitrogen and oxygen atoms in total. The summed E-state index contributed by atoms with van der Waals surface area (Å²) in [6.07, 6.45) is 5.14. The summed E-state index contributed by atoms with van der Waals surface area (Å²) in [6, 6.07) is 2.37. The molecule has 1 heterocycles. The summed E-state index contributed by atoms with van der Waals surface area (Å²) in [6.45, 7) is 2.71. The molecule has 1 aromatic rings. The number of nitrogens with zero attached hydrogens (tertiary/aromatic N) is 3. The van der Waals surface area contributed by atoms with Crippen LogP contribution in [0.25, 0.3) is 0 Å². The van der Waals surface area contributed by atoms with E-state index in [0.717, 1.165) is 5.82 Å². The van der Waals surface area contributed by atoms with Crippen molar-refractivity contribution >= 4 is 17.4 Å². The fourth-order valence-corrected chi connectivity index (χ4v) is 3.06. The molecule has 0 aromatic carbocycles. The van der Waals surface area contributed by atoms with E-state index in [9.17, 15) is 0 Å². The lowest BCUT2D eigenvalue weighted by atomic mass is 9.85. The third-order valence-corrected chi connectivity index (χ3v) is 4.12. The van der Waals surface area contributed by atoms with Crippen molar-refractivity contribution in [3.05, 3.63) is 17.0 Å². The molecule has 0 radical (unpaired) electrons. The smallest absolute Gasteiger partial charge is 0.158 e. The second-order valence-electron chi connectivity index (χ2n) is 5.34. The van der Waals surface area contributed by atoms with E-state index in [0.29, 0.717) is 29.5 Å². The lowest BCUT2D eigenvalue weighted by molar-refractivity contribution is 0.177. The maximum atomic E-state index is 6.07. The molecule has 0 N–H and O–H groups in total. The van der Waals surface area contributed by atoms with Gasteiger partial charge in [0.15, 0.2) is 5.82 Å². The largest absolute Gasteiger partial charge is 0.377 e. The minimum atomic E-state index is 0.390. The van der Waals surface area contributed by atoms with Crippen LogP contribution in [-0.4, -0.2) is 30.2 Å². The first kappa shape index (κ1) is 14.5. The molecule has 2 unspecified atom stereocenters. The number of rotatable bonds is 4. The zero-order chi connectivity index (χ0) is 13.8. The van der Waals surface area contributed by atoms with Gasteiger partial charge in [0.05, 0.1) is 0 Å². The van der Waals surface area contributed by atoms with Gasteiger partial charge in [0.2, 0.25) is 0 Å². The Bertz CT molecular complexity index is 427. The van der Waals surface area contributed by atoms with Gasteiger partial charge in [0.1, 0.15) is 17.6 Å². The fraction of sp³-hybridized carbons (Fsp3) is 0.714. The Morgan fingerprint density at radius 3 is 2.79 bits per heavy atom. The van der Waals surface area contributed by atoms with Gasteiger partial charge in [0, 0.05) is 26.3 Å². The highest BCUT2D eigenvalue weighted by Gasteiger charge is 2.26. The monoisotopic (exact) mass is 283 g/mol. The summed E-state index contributed by atoms with van der Waals surface area (Å²) in [5, 5.41) is 0.479. The molecule has 1 fully saturated rings. The molecule has 0 amide bonds. The van der Waals surface area contributed by atoms with E-state index >= 15 is 0 Å². The first-order valence-electron chi connectivity index (χ1n) is 6.87. The van der Waals surface area contributed by atoms with Gasteiger partial charge in [-0.1, -0.05) is 31.4 Å². The van der Waals surface area contributed by atoms with Crippen LogP contribution in [0.1, 0.15) is 38.4 Å². The Hall–Kier alpha value is -0.870. The van der Waals surface area contributed by atoms with E-state index in [1.165, 1.54) is 25.7 Å². The number of halogens is 1. The zero-order valence-electron chi connectivity index (χ0n) is 11.9. The van der Waals surface area contributed by atoms with E-state index in [2.05, 4.69) is 28.8 Å². The van der Waals surface area contributed by atoms with Gasteiger partial charge < -0.3 is 9.64 Å². The Morgan fingerprint density at radius 1 is 1.37 bits per heavy atom. The molecule has 1 aliphatic rings. The number of ether oxygens (including phenoxy) is 1. The van der Waals surface area contributed by atoms with Gasteiger partial charge in [-0.3, -0.25) is 0 Å². The average Bonchev–Trinajstić information content (AvgIpc) is 2.38. The lowest BCUT2D eigenvalue weighted by Gasteiger charge is -2.37. The van der Waals surface area contributed by atoms with E-state index in [1.54, 1.807) is 7.11 Å². The Labute approximate surface area is 120 Å². The Morgan fingerprint density at radius 2 is 2.11 bits per heavy atom. The summed E-state index contributed by atoms with van der Waals surface area (Å²) < 4.78 is 5.08. The minimum absolute atomic E-state index is 0.390. The maximum absolute atomic E-state index is 6.07. The summed E-state index contributed by atoms with van der Waals surface area (Å²) >= 11 is 6.07. The first-order chi connectivity index (χ1) is 9.11. The molecule has 5 heteroatoms. The quantitative estimate of drug-likeness (QED) is 0.795. The normalized spacial score (nSPS) is 23.4. The average molecular weight is 284 g/mol. The van der Waals surface area contributed by atoms with Crippen molar-refractivity contribution in [3.8, 4) is 0 Å². The summed E-state index contributed by atoms with van der Waals surface area (Å²) in [5.74, 6) is 2.23. The van der Waals surface area contributed by atoms with E-state index in [-0.39, 0.29) is 0 Å². The highest BCUT2D eigenvalue weighted by atomic mass is 35.5. The van der Waals surface area contributed by atoms with Crippen LogP contribution in [0, 0.1) is 5.92 Å². The molecule has 106 valence electrons. The SMILES string of the molecule is COCc1nc(Cl)cc(N(C)C2CCCCC2C)n1. The maximum Gasteiger partial charge on any atom is 0.158 e. The third kappa shape index (κ3) is 3.57. The number of methoxy groups -OCH3 is 1. The first-order valence-corrected chi connectivity index (χ1v) is 7.25. The van der Waals surface area contributed by atoms with Crippen LogP contribution in [0.2, 0.25) is 5.15 Å². The van der Waals surface area contributed by atoms with Gasteiger partial charge >= 0.3 is 0 Å².